The van der Waals surface area contributed by atoms with E-state index in [1.807, 2.05) is 17.1 Å². The van der Waals surface area contributed by atoms with E-state index < -0.39 is 22.5 Å². The summed E-state index contributed by atoms with van der Waals surface area (Å²) < 4.78 is 35.0. The predicted molar refractivity (Wildman–Crippen MR) is 149 cm³/mol. The molecule has 2 heterocycles. The van der Waals surface area contributed by atoms with Gasteiger partial charge in [0.15, 0.2) is 0 Å². The lowest BCUT2D eigenvalue weighted by atomic mass is 9.85. The zero-order valence-corrected chi connectivity index (χ0v) is 23.0. The van der Waals surface area contributed by atoms with Gasteiger partial charge in [0.05, 0.1) is 24.6 Å². The highest BCUT2D eigenvalue weighted by atomic mass is 32.2. The van der Waals surface area contributed by atoms with Crippen LogP contribution in [0.5, 0.6) is 5.75 Å². The van der Waals surface area contributed by atoms with Crippen molar-refractivity contribution < 1.29 is 27.5 Å². The second-order valence-corrected chi connectivity index (χ2v) is 12.5. The molecule has 3 amide bonds. The van der Waals surface area contributed by atoms with Crippen LogP contribution in [0, 0.1) is 23.7 Å². The minimum atomic E-state index is -4.04. The summed E-state index contributed by atoms with van der Waals surface area (Å²) in [4.78, 5) is 42.1. The minimum absolute atomic E-state index is 0.0357. The number of carbonyl (C=O) groups is 3. The highest BCUT2D eigenvalue weighted by molar-refractivity contribution is 7.92. The molecule has 2 aliphatic carbocycles. The molecular formula is C29H32N4O6S. The lowest BCUT2D eigenvalue weighted by Gasteiger charge is -2.30. The lowest BCUT2D eigenvalue weighted by molar-refractivity contribution is -0.143. The molecule has 4 atom stereocenters. The monoisotopic (exact) mass is 564 g/mol. The number of nitrogens with zero attached hydrogens (tertiary/aromatic N) is 2. The number of hydrogen-bond donors (Lipinski definition) is 2. The third-order valence-corrected chi connectivity index (χ3v) is 9.85. The maximum absolute atomic E-state index is 13.6. The predicted octanol–water partition coefficient (Wildman–Crippen LogP) is 3.23. The summed E-state index contributed by atoms with van der Waals surface area (Å²) in [6.07, 6.45) is 7.84. The zero-order valence-electron chi connectivity index (χ0n) is 22.2. The van der Waals surface area contributed by atoms with Gasteiger partial charge in [0.1, 0.15) is 17.2 Å². The zero-order chi connectivity index (χ0) is 28.0. The van der Waals surface area contributed by atoms with Gasteiger partial charge in [-0.2, -0.15) is 0 Å². The summed E-state index contributed by atoms with van der Waals surface area (Å²) in [6, 6.07) is 11.3. The van der Waals surface area contributed by atoms with Gasteiger partial charge in [0.2, 0.25) is 17.7 Å². The van der Waals surface area contributed by atoms with Crippen LogP contribution >= 0.6 is 0 Å². The molecule has 2 saturated heterocycles. The maximum atomic E-state index is 13.6. The number of allylic oxidation sites excluding steroid dienone is 2. The molecule has 2 bridgehead atoms. The first-order chi connectivity index (χ1) is 19.2. The second-order valence-electron chi connectivity index (χ2n) is 10.9. The topological polar surface area (TPSA) is 125 Å². The number of ether oxygens (including phenoxy) is 1. The average molecular weight is 565 g/mol. The Morgan fingerprint density at radius 1 is 0.925 bits per heavy atom. The largest absolute Gasteiger partial charge is 0.497 e. The van der Waals surface area contributed by atoms with Crippen molar-refractivity contribution in [3.63, 3.8) is 0 Å². The molecule has 210 valence electrons. The highest BCUT2D eigenvalue weighted by Crippen LogP contribution is 2.52. The quantitative estimate of drug-likeness (QED) is 0.373. The van der Waals surface area contributed by atoms with Crippen molar-refractivity contribution in [3.8, 4) is 5.75 Å². The normalized spacial score (nSPS) is 25.3. The van der Waals surface area contributed by atoms with Gasteiger partial charge in [-0.1, -0.05) is 12.2 Å². The van der Waals surface area contributed by atoms with Crippen LogP contribution in [-0.4, -0.2) is 57.8 Å². The molecule has 10 nitrogen and oxygen atoms in total. The molecule has 4 aliphatic rings. The van der Waals surface area contributed by atoms with Crippen molar-refractivity contribution in [2.24, 2.45) is 23.7 Å². The summed E-state index contributed by atoms with van der Waals surface area (Å²) in [7, 11) is -2.50. The smallest absolute Gasteiger partial charge is 0.264 e. The third kappa shape index (κ3) is 4.72. The van der Waals surface area contributed by atoms with Gasteiger partial charge < -0.3 is 15.0 Å². The van der Waals surface area contributed by atoms with Crippen molar-refractivity contribution in [2.75, 3.05) is 41.7 Å². The molecule has 3 fully saturated rings. The van der Waals surface area contributed by atoms with Crippen LogP contribution in [0.15, 0.2) is 59.5 Å². The first-order valence-corrected chi connectivity index (χ1v) is 15.1. The first kappa shape index (κ1) is 26.4. The Kier molecular flexibility index (Phi) is 6.77. The molecule has 40 heavy (non-hydrogen) atoms. The molecule has 6 rings (SSSR count). The molecule has 2 aromatic rings. The van der Waals surface area contributed by atoms with Crippen LogP contribution in [-0.2, 0) is 24.4 Å². The summed E-state index contributed by atoms with van der Waals surface area (Å²) in [5, 5.41) is 2.71. The van der Waals surface area contributed by atoms with E-state index in [1.165, 1.54) is 13.2 Å². The van der Waals surface area contributed by atoms with Gasteiger partial charge in [-0.3, -0.25) is 24.0 Å². The van der Waals surface area contributed by atoms with E-state index in [0.29, 0.717) is 17.1 Å². The van der Waals surface area contributed by atoms with E-state index in [1.54, 1.807) is 36.4 Å². The molecule has 11 heteroatoms. The van der Waals surface area contributed by atoms with Crippen molar-refractivity contribution >= 4 is 44.8 Å². The van der Waals surface area contributed by atoms with Crippen LogP contribution in [0.1, 0.15) is 25.7 Å². The van der Waals surface area contributed by atoms with E-state index in [0.717, 1.165) is 43.7 Å². The molecule has 1 saturated carbocycles. The van der Waals surface area contributed by atoms with E-state index in [-0.39, 0.29) is 46.1 Å². The van der Waals surface area contributed by atoms with Crippen molar-refractivity contribution in [1.29, 1.82) is 0 Å². The number of rotatable bonds is 8. The number of imide groups is 1. The van der Waals surface area contributed by atoms with E-state index in [9.17, 15) is 22.8 Å². The fourth-order valence-corrected chi connectivity index (χ4v) is 7.85. The van der Waals surface area contributed by atoms with Crippen LogP contribution in [0.2, 0.25) is 0 Å². The fourth-order valence-electron chi connectivity index (χ4n) is 6.54. The Balaban J connectivity index is 1.22. The number of methoxy groups -OCH3 is 1. The number of hydrogen-bond acceptors (Lipinski definition) is 7. The van der Waals surface area contributed by atoms with Gasteiger partial charge in [-0.15, -0.1) is 0 Å². The van der Waals surface area contributed by atoms with Crippen LogP contribution in [0.3, 0.4) is 0 Å². The molecule has 2 aromatic carbocycles. The molecular weight excluding hydrogens is 532 g/mol. The van der Waals surface area contributed by atoms with Crippen LogP contribution in [0.4, 0.5) is 17.1 Å². The SMILES string of the molecule is COc1ccc(NS(=O)(=O)c2cc(NC(=O)CN3C(=O)[C@@H]4[C@@H](C3=O)[C@H]3C=C[C@H]4C3)ccc2N2CCCCC2)cc1. The Hall–Kier alpha value is -3.86. The highest BCUT2D eigenvalue weighted by Gasteiger charge is 2.59. The summed E-state index contributed by atoms with van der Waals surface area (Å²) in [5.41, 5.74) is 1.20. The number of amides is 3. The Morgan fingerprint density at radius 3 is 2.17 bits per heavy atom. The molecule has 2 N–H and O–H groups in total. The van der Waals surface area contributed by atoms with Crippen molar-refractivity contribution in [1.82, 2.24) is 4.90 Å². The van der Waals surface area contributed by atoms with Crippen molar-refractivity contribution in [2.45, 2.75) is 30.6 Å². The summed E-state index contributed by atoms with van der Waals surface area (Å²) >= 11 is 0. The number of nitrogens with one attached hydrogen (secondary N) is 2. The first-order valence-electron chi connectivity index (χ1n) is 13.6. The number of likely N-dealkylation sites (tertiary alicyclic amines) is 1. The van der Waals surface area contributed by atoms with Crippen LogP contribution < -0.4 is 19.7 Å². The van der Waals surface area contributed by atoms with Gasteiger partial charge in [-0.05, 0) is 80.0 Å². The third-order valence-electron chi connectivity index (χ3n) is 8.44. The molecule has 0 radical (unpaired) electrons. The van der Waals surface area contributed by atoms with Crippen LogP contribution in [0.25, 0.3) is 0 Å². The number of fused-ring (bicyclic) bond motifs is 5. The fraction of sp³-hybridized carbons (Fsp3) is 0.414. The molecule has 2 aliphatic heterocycles. The summed E-state index contributed by atoms with van der Waals surface area (Å²) in [5.74, 6) is -1.17. The van der Waals surface area contributed by atoms with Gasteiger partial charge in [0.25, 0.3) is 10.0 Å². The minimum Gasteiger partial charge on any atom is -0.497 e. The maximum Gasteiger partial charge on any atom is 0.264 e. The standard InChI is InChI=1S/C29H32N4O6S/c1-39-22-10-7-20(8-11-22)31-40(37,38)24-16-21(9-12-23(24)32-13-3-2-4-14-32)30-25(34)17-33-28(35)26-18-5-6-19(15-18)27(26)29(33)36/h5-12,16,18-19,26-27,31H,2-4,13-15,17H2,1H3,(H,30,34)/t18-,19-,26-,27-/m0/s1. The van der Waals surface area contributed by atoms with Gasteiger partial charge in [0, 0.05) is 24.5 Å². The number of sulfonamides is 1. The van der Waals surface area contributed by atoms with Crippen molar-refractivity contribution in [3.05, 3.63) is 54.6 Å². The van der Waals surface area contributed by atoms with E-state index in [2.05, 4.69) is 10.0 Å². The van der Waals surface area contributed by atoms with E-state index in [4.69, 9.17) is 4.74 Å². The van der Waals surface area contributed by atoms with E-state index >= 15 is 0 Å². The van der Waals surface area contributed by atoms with Gasteiger partial charge in [-0.25, -0.2) is 8.42 Å². The molecule has 0 unspecified atom stereocenters. The Labute approximate surface area is 233 Å². The number of piperidine rings is 1. The average Bonchev–Trinajstić information content (AvgIpc) is 3.64. The Bertz CT molecular complexity index is 1450. The molecule has 0 aromatic heterocycles. The number of carbonyl (C=O) groups excluding carboxylic acids is 3. The lowest BCUT2D eigenvalue weighted by Crippen LogP contribution is -2.39. The van der Waals surface area contributed by atoms with Gasteiger partial charge >= 0.3 is 0 Å². The summed E-state index contributed by atoms with van der Waals surface area (Å²) in [6.45, 7) is 1.06. The molecule has 0 spiro atoms. The number of benzene rings is 2. The number of anilines is 3. The second kappa shape index (κ2) is 10.3. The Morgan fingerprint density at radius 2 is 1.55 bits per heavy atom.